The van der Waals surface area contributed by atoms with E-state index >= 15 is 0 Å². The molecule has 0 spiro atoms. The number of ether oxygens (including phenoxy) is 2. The van der Waals surface area contributed by atoms with Gasteiger partial charge < -0.3 is 24.8 Å². The lowest BCUT2D eigenvalue weighted by molar-refractivity contribution is -0.136. The molecular formula is C29H31N3O5S. The van der Waals surface area contributed by atoms with E-state index in [0.29, 0.717) is 12.1 Å². The van der Waals surface area contributed by atoms with Gasteiger partial charge in [-0.25, -0.2) is 4.98 Å². The molecule has 5 rings (SSSR count). The molecule has 0 saturated carbocycles. The first-order valence-electron chi connectivity index (χ1n) is 12.9. The van der Waals surface area contributed by atoms with Crippen LogP contribution in [0, 0.1) is 0 Å². The number of hydrogen-bond acceptors (Lipinski definition) is 7. The number of anilines is 1. The van der Waals surface area contributed by atoms with Crippen molar-refractivity contribution in [3.8, 4) is 22.8 Å². The Bertz CT molecular complexity index is 1320. The molecule has 1 aliphatic heterocycles. The Balaban J connectivity index is 1.30. The van der Waals surface area contributed by atoms with Crippen LogP contribution in [0.25, 0.3) is 11.3 Å². The molecule has 0 bridgehead atoms. The van der Waals surface area contributed by atoms with Gasteiger partial charge in [-0.15, -0.1) is 11.3 Å². The fraction of sp³-hybridized carbons (Fsp3) is 0.345. The standard InChI is InChI=1S/C29H31N3O5S/c33-27(34)12-14-30-28(35)22-8-6-21(7-9-22)17-32(15-13-20-4-2-1-3-5-20)29-31-24(18-38-29)23-10-11-25-26(16-23)37-19-36-25/h4,6-11,16,18H,1-3,5,12-15,17,19H2,(H,30,35)(H,33,34). The number of carboxylic acids is 1. The molecule has 8 nitrogen and oxygen atoms in total. The minimum absolute atomic E-state index is 0.0999. The maximum Gasteiger partial charge on any atom is 0.305 e. The summed E-state index contributed by atoms with van der Waals surface area (Å²) in [6.45, 7) is 1.88. The predicted molar refractivity (Wildman–Crippen MR) is 147 cm³/mol. The topological polar surface area (TPSA) is 101 Å². The number of nitrogens with one attached hydrogen (secondary N) is 1. The molecule has 0 fully saturated rings. The average Bonchev–Trinajstić information content (AvgIpc) is 3.61. The minimum Gasteiger partial charge on any atom is -0.481 e. The highest BCUT2D eigenvalue weighted by Gasteiger charge is 2.18. The summed E-state index contributed by atoms with van der Waals surface area (Å²) < 4.78 is 11.0. The van der Waals surface area contributed by atoms with Gasteiger partial charge in [-0.05, 0) is 68.0 Å². The number of benzene rings is 2. The maximum absolute atomic E-state index is 12.3. The molecule has 1 amide bonds. The Kier molecular flexibility index (Phi) is 8.23. The zero-order valence-electron chi connectivity index (χ0n) is 21.2. The molecule has 2 aliphatic rings. The molecule has 0 atom stereocenters. The fourth-order valence-electron chi connectivity index (χ4n) is 4.62. The van der Waals surface area contributed by atoms with Crippen molar-refractivity contribution in [2.75, 3.05) is 24.8 Å². The highest BCUT2D eigenvalue weighted by atomic mass is 32.1. The number of fused-ring (bicyclic) bond motifs is 1. The summed E-state index contributed by atoms with van der Waals surface area (Å²) in [4.78, 5) is 30.3. The van der Waals surface area contributed by atoms with Crippen LogP contribution >= 0.6 is 11.3 Å². The van der Waals surface area contributed by atoms with Crippen molar-refractivity contribution in [2.45, 2.75) is 45.1 Å². The van der Waals surface area contributed by atoms with Crippen molar-refractivity contribution in [3.05, 3.63) is 70.6 Å². The van der Waals surface area contributed by atoms with Gasteiger partial charge in [0.1, 0.15) is 0 Å². The van der Waals surface area contributed by atoms with Crippen LogP contribution in [0.3, 0.4) is 0 Å². The first-order valence-corrected chi connectivity index (χ1v) is 13.8. The number of amides is 1. The van der Waals surface area contributed by atoms with E-state index in [2.05, 4.69) is 21.7 Å². The summed E-state index contributed by atoms with van der Waals surface area (Å²) in [5.41, 5.74) is 4.99. The Hall–Kier alpha value is -3.85. The van der Waals surface area contributed by atoms with Crippen LogP contribution in [0.4, 0.5) is 5.13 Å². The lowest BCUT2D eigenvalue weighted by Crippen LogP contribution is -2.26. The van der Waals surface area contributed by atoms with Crippen LogP contribution in [0.5, 0.6) is 11.5 Å². The second kappa shape index (κ2) is 12.1. The number of rotatable bonds is 11. The van der Waals surface area contributed by atoms with Crippen molar-refractivity contribution in [2.24, 2.45) is 0 Å². The number of aromatic nitrogens is 1. The Morgan fingerprint density at radius 2 is 1.92 bits per heavy atom. The molecule has 0 saturated heterocycles. The summed E-state index contributed by atoms with van der Waals surface area (Å²) in [5, 5.41) is 14.4. The summed E-state index contributed by atoms with van der Waals surface area (Å²) >= 11 is 1.62. The number of hydrogen-bond donors (Lipinski definition) is 2. The van der Waals surface area contributed by atoms with Crippen LogP contribution in [0.15, 0.2) is 59.5 Å². The predicted octanol–water partition coefficient (Wildman–Crippen LogP) is 5.64. The SMILES string of the molecule is O=C(O)CCNC(=O)c1ccc(CN(CCC2=CCCCC2)c2nc(-c3ccc4c(c3)OCO4)cs2)cc1. The van der Waals surface area contributed by atoms with E-state index in [1.165, 1.54) is 24.8 Å². The van der Waals surface area contributed by atoms with Gasteiger partial charge in [-0.1, -0.05) is 23.8 Å². The first-order chi connectivity index (χ1) is 18.5. The van der Waals surface area contributed by atoms with Gasteiger partial charge in [0.25, 0.3) is 5.91 Å². The van der Waals surface area contributed by atoms with Crippen molar-refractivity contribution < 1.29 is 24.2 Å². The normalized spacial score (nSPS) is 14.2. The number of allylic oxidation sites excluding steroid dienone is 1. The number of aliphatic carboxylic acids is 1. The lowest BCUT2D eigenvalue weighted by atomic mass is 9.97. The smallest absolute Gasteiger partial charge is 0.305 e. The summed E-state index contributed by atoms with van der Waals surface area (Å²) in [5.74, 6) is 0.289. The van der Waals surface area contributed by atoms with Crippen molar-refractivity contribution in [1.82, 2.24) is 10.3 Å². The molecule has 2 aromatic carbocycles. The Morgan fingerprint density at radius 1 is 1.08 bits per heavy atom. The summed E-state index contributed by atoms with van der Waals surface area (Å²) in [7, 11) is 0. The van der Waals surface area contributed by atoms with Crippen LogP contribution < -0.4 is 19.7 Å². The van der Waals surface area contributed by atoms with Crippen molar-refractivity contribution in [1.29, 1.82) is 0 Å². The molecule has 1 aromatic heterocycles. The van der Waals surface area contributed by atoms with Gasteiger partial charge in [0, 0.05) is 36.1 Å². The van der Waals surface area contributed by atoms with Crippen molar-refractivity contribution >= 4 is 28.3 Å². The fourth-order valence-corrected chi connectivity index (χ4v) is 5.48. The average molecular weight is 534 g/mol. The second-order valence-corrected chi connectivity index (χ2v) is 10.3. The molecule has 2 heterocycles. The third-order valence-corrected chi connectivity index (χ3v) is 7.63. The maximum atomic E-state index is 12.3. The van der Waals surface area contributed by atoms with Crippen LogP contribution in [-0.2, 0) is 11.3 Å². The van der Waals surface area contributed by atoms with Gasteiger partial charge in [0.15, 0.2) is 16.6 Å². The van der Waals surface area contributed by atoms with Gasteiger partial charge in [-0.3, -0.25) is 9.59 Å². The molecule has 0 unspecified atom stereocenters. The molecule has 3 aromatic rings. The largest absolute Gasteiger partial charge is 0.481 e. The monoisotopic (exact) mass is 533 g/mol. The van der Waals surface area contributed by atoms with Gasteiger partial charge in [0.2, 0.25) is 6.79 Å². The third-order valence-electron chi connectivity index (χ3n) is 6.73. The zero-order chi connectivity index (χ0) is 26.3. The van der Waals surface area contributed by atoms with E-state index in [-0.39, 0.29) is 25.7 Å². The molecule has 9 heteroatoms. The second-order valence-electron chi connectivity index (χ2n) is 9.46. The lowest BCUT2D eigenvalue weighted by Gasteiger charge is -2.24. The number of carbonyl (C=O) groups excluding carboxylic acids is 1. The van der Waals surface area contributed by atoms with Gasteiger partial charge >= 0.3 is 5.97 Å². The summed E-state index contributed by atoms with van der Waals surface area (Å²) in [6.07, 6.45) is 8.15. The quantitative estimate of drug-likeness (QED) is 0.308. The number of nitrogens with zero attached hydrogens (tertiary/aromatic N) is 2. The Labute approximate surface area is 225 Å². The zero-order valence-corrected chi connectivity index (χ0v) is 22.0. The number of carbonyl (C=O) groups is 2. The minimum atomic E-state index is -0.936. The molecule has 2 N–H and O–H groups in total. The van der Waals surface area contributed by atoms with Crippen LogP contribution in [-0.4, -0.2) is 41.8 Å². The van der Waals surface area contributed by atoms with Gasteiger partial charge in [-0.2, -0.15) is 0 Å². The van der Waals surface area contributed by atoms with E-state index in [9.17, 15) is 9.59 Å². The number of thiazole rings is 1. The Morgan fingerprint density at radius 3 is 2.71 bits per heavy atom. The molecule has 0 radical (unpaired) electrons. The third kappa shape index (κ3) is 6.52. The van der Waals surface area contributed by atoms with Crippen LogP contribution in [0.2, 0.25) is 0 Å². The van der Waals surface area contributed by atoms with E-state index in [1.54, 1.807) is 23.5 Å². The molecular weight excluding hydrogens is 502 g/mol. The highest BCUT2D eigenvalue weighted by Crippen LogP contribution is 2.37. The van der Waals surface area contributed by atoms with Crippen LogP contribution in [0.1, 0.15) is 54.4 Å². The van der Waals surface area contributed by atoms with E-state index in [4.69, 9.17) is 19.6 Å². The summed E-state index contributed by atoms with van der Waals surface area (Å²) in [6, 6.07) is 13.4. The number of carboxylic acid groups (broad SMARTS) is 1. The molecule has 198 valence electrons. The van der Waals surface area contributed by atoms with E-state index < -0.39 is 5.97 Å². The van der Waals surface area contributed by atoms with E-state index in [1.807, 2.05) is 30.3 Å². The molecule has 1 aliphatic carbocycles. The van der Waals surface area contributed by atoms with Gasteiger partial charge in [0.05, 0.1) is 12.1 Å². The van der Waals surface area contributed by atoms with Crippen molar-refractivity contribution in [3.63, 3.8) is 0 Å². The van der Waals surface area contributed by atoms with E-state index in [0.717, 1.165) is 52.8 Å². The highest BCUT2D eigenvalue weighted by molar-refractivity contribution is 7.14. The first kappa shape index (κ1) is 25.8. The molecule has 38 heavy (non-hydrogen) atoms.